The van der Waals surface area contributed by atoms with E-state index in [1.54, 1.807) is 35.9 Å². The minimum atomic E-state index is -0.464. The van der Waals surface area contributed by atoms with E-state index in [1.807, 2.05) is 32.0 Å². The Balaban J connectivity index is 1.80. The maximum absolute atomic E-state index is 12.7. The van der Waals surface area contributed by atoms with Gasteiger partial charge in [0, 0.05) is 5.56 Å². The number of benzene rings is 2. The van der Waals surface area contributed by atoms with Crippen molar-refractivity contribution >= 4 is 29.1 Å². The Bertz CT molecular complexity index is 1010. The summed E-state index contributed by atoms with van der Waals surface area (Å²) in [5.41, 5.74) is 3.98. The molecular formula is C20H21N5O2S. The number of aromatic nitrogens is 4. The molecule has 0 saturated carbocycles. The molecule has 0 aliphatic heterocycles. The molecule has 7 nitrogen and oxygen atoms in total. The lowest BCUT2D eigenvalue weighted by Gasteiger charge is -2.14. The molecule has 1 N–H and O–H groups in total. The van der Waals surface area contributed by atoms with E-state index >= 15 is 0 Å². The van der Waals surface area contributed by atoms with Crippen molar-refractivity contribution in [2.75, 3.05) is 5.32 Å². The number of nitrogens with zero attached hydrogens (tertiary/aromatic N) is 4. The quantitative estimate of drug-likeness (QED) is 0.507. The Kier molecular flexibility index (Phi) is 5.89. The summed E-state index contributed by atoms with van der Waals surface area (Å²) in [4.78, 5) is 24.4. The van der Waals surface area contributed by atoms with Crippen LogP contribution in [0.25, 0.3) is 5.69 Å². The molecular weight excluding hydrogens is 374 g/mol. The molecule has 3 rings (SSSR count). The third-order valence-electron chi connectivity index (χ3n) is 4.31. The highest BCUT2D eigenvalue weighted by molar-refractivity contribution is 8.00. The molecule has 1 heterocycles. The normalized spacial score (nSPS) is 11.9. The van der Waals surface area contributed by atoms with Crippen LogP contribution in [-0.2, 0) is 4.79 Å². The minimum absolute atomic E-state index is 0.102. The molecule has 8 heteroatoms. The lowest BCUT2D eigenvalue weighted by atomic mass is 10.1. The summed E-state index contributed by atoms with van der Waals surface area (Å²) in [6.07, 6.45) is 0. The fraction of sp³-hybridized carbons (Fsp3) is 0.250. The number of carbonyl (C=O) groups excluding carboxylic acids is 2. The van der Waals surface area contributed by atoms with Crippen molar-refractivity contribution in [2.24, 2.45) is 0 Å². The Morgan fingerprint density at radius 1 is 1.07 bits per heavy atom. The van der Waals surface area contributed by atoms with E-state index in [-0.39, 0.29) is 11.7 Å². The molecule has 0 bridgehead atoms. The molecule has 0 saturated heterocycles. The smallest absolute Gasteiger partial charge is 0.237 e. The van der Waals surface area contributed by atoms with Crippen LogP contribution >= 0.6 is 11.8 Å². The summed E-state index contributed by atoms with van der Waals surface area (Å²) in [6, 6.07) is 12.9. The topological polar surface area (TPSA) is 89.8 Å². The number of para-hydroxylation sites is 2. The van der Waals surface area contributed by atoms with Crippen molar-refractivity contribution in [3.63, 3.8) is 0 Å². The van der Waals surface area contributed by atoms with Gasteiger partial charge in [0.25, 0.3) is 0 Å². The van der Waals surface area contributed by atoms with Crippen LogP contribution in [0.15, 0.2) is 47.6 Å². The van der Waals surface area contributed by atoms with E-state index in [2.05, 4.69) is 20.8 Å². The van der Waals surface area contributed by atoms with E-state index < -0.39 is 5.25 Å². The minimum Gasteiger partial charge on any atom is -0.324 e. The van der Waals surface area contributed by atoms with Gasteiger partial charge in [-0.05, 0) is 61.4 Å². The number of amides is 1. The fourth-order valence-electron chi connectivity index (χ4n) is 2.88. The van der Waals surface area contributed by atoms with E-state index in [9.17, 15) is 9.59 Å². The summed E-state index contributed by atoms with van der Waals surface area (Å²) in [6.45, 7) is 7.24. The number of aryl methyl sites for hydroxylation is 2. The Labute approximate surface area is 167 Å². The maximum Gasteiger partial charge on any atom is 0.237 e. The Morgan fingerprint density at radius 2 is 1.75 bits per heavy atom. The first-order valence-corrected chi connectivity index (χ1v) is 9.69. The Hall–Kier alpha value is -3.00. The van der Waals surface area contributed by atoms with Gasteiger partial charge in [-0.25, -0.2) is 0 Å². The molecule has 0 aliphatic carbocycles. The van der Waals surface area contributed by atoms with Crippen LogP contribution in [0, 0.1) is 13.8 Å². The number of carbonyl (C=O) groups is 2. The van der Waals surface area contributed by atoms with Crippen LogP contribution in [0.5, 0.6) is 0 Å². The van der Waals surface area contributed by atoms with Gasteiger partial charge in [-0.3, -0.25) is 9.59 Å². The molecule has 0 fully saturated rings. The molecule has 0 radical (unpaired) electrons. The first-order chi connectivity index (χ1) is 13.4. The van der Waals surface area contributed by atoms with E-state index in [1.165, 1.54) is 18.7 Å². The number of hydrogen-bond acceptors (Lipinski definition) is 6. The fourth-order valence-corrected chi connectivity index (χ4v) is 3.67. The molecule has 0 aliphatic rings. The first kappa shape index (κ1) is 19.8. The predicted molar refractivity (Wildman–Crippen MR) is 109 cm³/mol. The van der Waals surface area contributed by atoms with Crippen LogP contribution in [0.1, 0.15) is 35.3 Å². The summed E-state index contributed by atoms with van der Waals surface area (Å²) in [5.74, 6) is -0.329. The third kappa shape index (κ3) is 4.12. The standard InChI is InChI=1S/C20H21N5O2S/c1-12-8-7-9-13(2)18(12)25-20(22-23-24-25)28-15(4)19(27)21-17-11-6-5-10-16(17)14(3)26/h5-11,15H,1-4H3,(H,21,27)/t15-/m1/s1. The second-order valence-corrected chi connectivity index (χ2v) is 7.77. The van der Waals surface area contributed by atoms with Crippen LogP contribution in [0.3, 0.4) is 0 Å². The van der Waals surface area contributed by atoms with Crippen LogP contribution < -0.4 is 5.32 Å². The third-order valence-corrected chi connectivity index (χ3v) is 5.34. The largest absolute Gasteiger partial charge is 0.324 e. The van der Waals surface area contributed by atoms with Crippen molar-refractivity contribution < 1.29 is 9.59 Å². The highest BCUT2D eigenvalue weighted by Crippen LogP contribution is 2.27. The molecule has 1 aromatic heterocycles. The van der Waals surface area contributed by atoms with Gasteiger partial charge in [0.2, 0.25) is 11.1 Å². The molecule has 0 unspecified atom stereocenters. The number of Topliss-reactive ketones (excluding diaryl/α,β-unsaturated/α-hetero) is 1. The summed E-state index contributed by atoms with van der Waals surface area (Å²) >= 11 is 1.26. The molecule has 3 aromatic rings. The van der Waals surface area contributed by atoms with Crippen molar-refractivity contribution in [1.82, 2.24) is 20.2 Å². The van der Waals surface area contributed by atoms with E-state index in [0.717, 1.165) is 16.8 Å². The van der Waals surface area contributed by atoms with E-state index in [0.29, 0.717) is 16.4 Å². The molecule has 0 spiro atoms. The second kappa shape index (κ2) is 8.35. The van der Waals surface area contributed by atoms with E-state index in [4.69, 9.17) is 0 Å². The van der Waals surface area contributed by atoms with Crippen molar-refractivity contribution in [1.29, 1.82) is 0 Å². The molecule has 144 valence electrons. The molecule has 1 amide bonds. The Morgan fingerprint density at radius 3 is 2.43 bits per heavy atom. The highest BCUT2D eigenvalue weighted by atomic mass is 32.2. The second-order valence-electron chi connectivity index (χ2n) is 6.46. The average molecular weight is 395 g/mol. The van der Waals surface area contributed by atoms with Crippen LogP contribution in [-0.4, -0.2) is 37.1 Å². The van der Waals surface area contributed by atoms with Gasteiger partial charge in [-0.1, -0.05) is 42.1 Å². The zero-order valence-electron chi connectivity index (χ0n) is 16.1. The number of anilines is 1. The molecule has 28 heavy (non-hydrogen) atoms. The van der Waals surface area contributed by atoms with Gasteiger partial charge in [0.15, 0.2) is 5.78 Å². The van der Waals surface area contributed by atoms with Crippen LogP contribution in [0.4, 0.5) is 5.69 Å². The van der Waals surface area contributed by atoms with Gasteiger partial charge >= 0.3 is 0 Å². The number of rotatable bonds is 6. The van der Waals surface area contributed by atoms with Crippen LogP contribution in [0.2, 0.25) is 0 Å². The molecule has 2 aromatic carbocycles. The SMILES string of the molecule is CC(=O)c1ccccc1NC(=O)[C@@H](C)Sc1nnnn1-c1c(C)cccc1C. The highest BCUT2D eigenvalue weighted by Gasteiger charge is 2.21. The average Bonchev–Trinajstić information content (AvgIpc) is 3.09. The van der Waals surface area contributed by atoms with Gasteiger partial charge in [0.05, 0.1) is 16.6 Å². The zero-order valence-corrected chi connectivity index (χ0v) is 16.9. The molecule has 1 atom stereocenters. The predicted octanol–water partition coefficient (Wildman–Crippen LogP) is 3.60. The number of hydrogen-bond donors (Lipinski definition) is 1. The number of nitrogens with one attached hydrogen (secondary N) is 1. The lowest BCUT2D eigenvalue weighted by Crippen LogP contribution is -2.24. The van der Waals surface area contributed by atoms with Crippen molar-refractivity contribution in [3.05, 3.63) is 59.2 Å². The monoisotopic (exact) mass is 395 g/mol. The van der Waals surface area contributed by atoms with Gasteiger partial charge in [-0.15, -0.1) is 5.10 Å². The number of thioether (sulfide) groups is 1. The van der Waals surface area contributed by atoms with Crippen molar-refractivity contribution in [3.8, 4) is 5.69 Å². The van der Waals surface area contributed by atoms with Crippen molar-refractivity contribution in [2.45, 2.75) is 38.1 Å². The summed E-state index contributed by atoms with van der Waals surface area (Å²) < 4.78 is 1.66. The first-order valence-electron chi connectivity index (χ1n) is 8.81. The van der Waals surface area contributed by atoms with Gasteiger partial charge in [0.1, 0.15) is 0 Å². The summed E-state index contributed by atoms with van der Waals surface area (Å²) in [7, 11) is 0. The zero-order chi connectivity index (χ0) is 20.3. The lowest BCUT2D eigenvalue weighted by molar-refractivity contribution is -0.115. The maximum atomic E-state index is 12.7. The van der Waals surface area contributed by atoms with Gasteiger partial charge in [-0.2, -0.15) is 4.68 Å². The number of ketones is 1. The number of tetrazole rings is 1. The summed E-state index contributed by atoms with van der Waals surface area (Å²) in [5, 5.41) is 14.9. The van der Waals surface area contributed by atoms with Gasteiger partial charge < -0.3 is 5.32 Å².